The molecule has 3 nitrogen and oxygen atoms in total. The van der Waals surface area contributed by atoms with Gasteiger partial charge in [-0.1, -0.05) is 39.2 Å². The van der Waals surface area contributed by atoms with E-state index in [0.29, 0.717) is 0 Å². The zero-order valence-electron chi connectivity index (χ0n) is 12.3. The molecule has 0 aromatic carbocycles. The molecule has 0 spiro atoms. The SMILES string of the molecule is CCCNc1cccc(NCC2CCCCC2C)n1. The third-order valence-electron chi connectivity index (χ3n) is 4.14. The predicted molar refractivity (Wildman–Crippen MR) is 82.6 cm³/mol. The van der Waals surface area contributed by atoms with Gasteiger partial charge in [-0.25, -0.2) is 4.98 Å². The normalized spacial score (nSPS) is 23.1. The lowest BCUT2D eigenvalue weighted by Crippen LogP contribution is -2.24. The molecule has 2 atom stereocenters. The molecule has 0 saturated heterocycles. The van der Waals surface area contributed by atoms with E-state index in [9.17, 15) is 0 Å². The van der Waals surface area contributed by atoms with Gasteiger partial charge < -0.3 is 10.6 Å². The van der Waals surface area contributed by atoms with E-state index >= 15 is 0 Å². The summed E-state index contributed by atoms with van der Waals surface area (Å²) in [6.07, 6.45) is 6.67. The fraction of sp³-hybridized carbons (Fsp3) is 0.688. The van der Waals surface area contributed by atoms with Gasteiger partial charge in [0.15, 0.2) is 0 Å². The summed E-state index contributed by atoms with van der Waals surface area (Å²) >= 11 is 0. The first kappa shape index (κ1) is 14.2. The molecule has 2 N–H and O–H groups in total. The quantitative estimate of drug-likeness (QED) is 0.808. The molecule has 106 valence electrons. The van der Waals surface area contributed by atoms with Crippen LogP contribution in [0.2, 0.25) is 0 Å². The van der Waals surface area contributed by atoms with Crippen molar-refractivity contribution in [3.05, 3.63) is 18.2 Å². The molecule has 1 aliphatic carbocycles. The number of rotatable bonds is 6. The van der Waals surface area contributed by atoms with Crippen molar-refractivity contribution in [1.82, 2.24) is 4.98 Å². The first-order chi connectivity index (χ1) is 9.29. The van der Waals surface area contributed by atoms with E-state index in [1.54, 1.807) is 0 Å². The zero-order valence-corrected chi connectivity index (χ0v) is 12.3. The van der Waals surface area contributed by atoms with Crippen LogP contribution in [0, 0.1) is 11.8 Å². The summed E-state index contributed by atoms with van der Waals surface area (Å²) in [5.41, 5.74) is 0. The van der Waals surface area contributed by atoms with Crippen LogP contribution >= 0.6 is 0 Å². The molecule has 2 unspecified atom stereocenters. The van der Waals surface area contributed by atoms with Crippen LogP contribution in [0.15, 0.2) is 18.2 Å². The van der Waals surface area contributed by atoms with E-state index in [1.807, 2.05) is 6.07 Å². The highest BCUT2D eigenvalue weighted by atomic mass is 15.1. The summed E-state index contributed by atoms with van der Waals surface area (Å²) in [5.74, 6) is 3.63. The lowest BCUT2D eigenvalue weighted by Gasteiger charge is -2.29. The molecule has 1 aliphatic rings. The van der Waals surface area contributed by atoms with Crippen molar-refractivity contribution < 1.29 is 0 Å². The maximum absolute atomic E-state index is 4.60. The highest BCUT2D eigenvalue weighted by molar-refractivity contribution is 5.45. The van der Waals surface area contributed by atoms with Crippen molar-refractivity contribution in [2.24, 2.45) is 11.8 Å². The Kier molecular flexibility index (Phi) is 5.49. The fourth-order valence-electron chi connectivity index (χ4n) is 2.82. The topological polar surface area (TPSA) is 37.0 Å². The van der Waals surface area contributed by atoms with Crippen LogP contribution in [0.25, 0.3) is 0 Å². The monoisotopic (exact) mass is 261 g/mol. The molecule has 1 fully saturated rings. The van der Waals surface area contributed by atoms with Crippen LogP contribution < -0.4 is 10.6 Å². The molecule has 0 amide bonds. The van der Waals surface area contributed by atoms with E-state index in [4.69, 9.17) is 0 Å². The first-order valence-corrected chi connectivity index (χ1v) is 7.74. The summed E-state index contributed by atoms with van der Waals surface area (Å²) < 4.78 is 0. The number of pyridine rings is 1. The second-order valence-electron chi connectivity index (χ2n) is 5.74. The fourth-order valence-corrected chi connectivity index (χ4v) is 2.82. The van der Waals surface area contributed by atoms with Crippen molar-refractivity contribution in [2.75, 3.05) is 23.7 Å². The third kappa shape index (κ3) is 4.41. The van der Waals surface area contributed by atoms with Gasteiger partial charge in [0.1, 0.15) is 11.6 Å². The van der Waals surface area contributed by atoms with Crippen LogP contribution in [0.3, 0.4) is 0 Å². The van der Waals surface area contributed by atoms with E-state index < -0.39 is 0 Å². The summed E-state index contributed by atoms with van der Waals surface area (Å²) in [6.45, 7) is 6.60. The molecular weight excluding hydrogens is 234 g/mol. The molecule has 1 aromatic heterocycles. The van der Waals surface area contributed by atoms with Crippen molar-refractivity contribution in [1.29, 1.82) is 0 Å². The maximum atomic E-state index is 4.60. The molecule has 1 aromatic rings. The number of hydrogen-bond donors (Lipinski definition) is 2. The molecule has 19 heavy (non-hydrogen) atoms. The van der Waals surface area contributed by atoms with E-state index in [0.717, 1.165) is 43.0 Å². The smallest absolute Gasteiger partial charge is 0.128 e. The van der Waals surface area contributed by atoms with E-state index in [1.165, 1.54) is 25.7 Å². The van der Waals surface area contributed by atoms with Gasteiger partial charge in [0.25, 0.3) is 0 Å². The molecule has 1 saturated carbocycles. The summed E-state index contributed by atoms with van der Waals surface area (Å²) in [6, 6.07) is 6.16. The lowest BCUT2D eigenvalue weighted by atomic mass is 9.80. The zero-order chi connectivity index (χ0) is 13.5. The van der Waals surface area contributed by atoms with Gasteiger partial charge in [0.05, 0.1) is 0 Å². The molecule has 0 aliphatic heterocycles. The van der Waals surface area contributed by atoms with Crippen molar-refractivity contribution in [2.45, 2.75) is 46.0 Å². The van der Waals surface area contributed by atoms with Crippen molar-refractivity contribution in [3.63, 3.8) is 0 Å². The molecule has 3 heteroatoms. The second-order valence-corrected chi connectivity index (χ2v) is 5.74. The van der Waals surface area contributed by atoms with Crippen molar-refractivity contribution in [3.8, 4) is 0 Å². The molecule has 0 radical (unpaired) electrons. The van der Waals surface area contributed by atoms with Gasteiger partial charge in [-0.15, -0.1) is 0 Å². The Morgan fingerprint density at radius 3 is 2.63 bits per heavy atom. The minimum Gasteiger partial charge on any atom is -0.370 e. The minimum absolute atomic E-state index is 0.808. The molecule has 0 bridgehead atoms. The molecular formula is C16H27N3. The number of aromatic nitrogens is 1. The Labute approximate surface area is 117 Å². The van der Waals surface area contributed by atoms with Crippen LogP contribution in [-0.2, 0) is 0 Å². The van der Waals surface area contributed by atoms with Gasteiger partial charge in [0, 0.05) is 13.1 Å². The number of nitrogens with zero attached hydrogens (tertiary/aromatic N) is 1. The first-order valence-electron chi connectivity index (χ1n) is 7.74. The average molecular weight is 261 g/mol. The van der Waals surface area contributed by atoms with Crippen LogP contribution in [0.5, 0.6) is 0 Å². The van der Waals surface area contributed by atoms with Gasteiger partial charge >= 0.3 is 0 Å². The van der Waals surface area contributed by atoms with E-state index in [-0.39, 0.29) is 0 Å². The van der Waals surface area contributed by atoms with Crippen molar-refractivity contribution >= 4 is 11.6 Å². The molecule has 2 rings (SSSR count). The van der Waals surface area contributed by atoms with E-state index in [2.05, 4.69) is 41.6 Å². The maximum Gasteiger partial charge on any atom is 0.128 e. The highest BCUT2D eigenvalue weighted by Gasteiger charge is 2.20. The summed E-state index contributed by atoms with van der Waals surface area (Å²) in [7, 11) is 0. The standard InChI is InChI=1S/C16H27N3/c1-3-11-17-15-9-6-10-16(19-15)18-12-14-8-5-4-7-13(14)2/h6,9-10,13-14H,3-5,7-8,11-12H2,1-2H3,(H2,17,18,19). The predicted octanol–water partition coefficient (Wildman–Crippen LogP) is 4.14. The Hall–Kier alpha value is -1.25. The summed E-state index contributed by atoms with van der Waals surface area (Å²) in [5, 5.41) is 6.84. The largest absolute Gasteiger partial charge is 0.370 e. The minimum atomic E-state index is 0.808. The molecule has 1 heterocycles. The lowest BCUT2D eigenvalue weighted by molar-refractivity contribution is 0.268. The summed E-state index contributed by atoms with van der Waals surface area (Å²) in [4.78, 5) is 4.60. The van der Waals surface area contributed by atoms with Gasteiger partial charge in [-0.2, -0.15) is 0 Å². The average Bonchev–Trinajstić information content (AvgIpc) is 2.45. The van der Waals surface area contributed by atoms with Gasteiger partial charge in [0.2, 0.25) is 0 Å². The van der Waals surface area contributed by atoms with Crippen LogP contribution in [0.4, 0.5) is 11.6 Å². The Morgan fingerprint density at radius 1 is 1.16 bits per heavy atom. The van der Waals surface area contributed by atoms with Gasteiger partial charge in [-0.3, -0.25) is 0 Å². The number of hydrogen-bond acceptors (Lipinski definition) is 3. The van der Waals surface area contributed by atoms with Gasteiger partial charge in [-0.05, 0) is 36.8 Å². The van der Waals surface area contributed by atoms with Crippen LogP contribution in [-0.4, -0.2) is 18.1 Å². The second kappa shape index (κ2) is 7.37. The number of anilines is 2. The Morgan fingerprint density at radius 2 is 1.89 bits per heavy atom. The van der Waals surface area contributed by atoms with Crippen LogP contribution in [0.1, 0.15) is 46.0 Å². The number of nitrogens with one attached hydrogen (secondary N) is 2. The Balaban J connectivity index is 1.84. The third-order valence-corrected chi connectivity index (χ3v) is 4.14. The Bertz CT molecular complexity index is 378. The highest BCUT2D eigenvalue weighted by Crippen LogP contribution is 2.29.